The topological polar surface area (TPSA) is 38.1 Å². The fourth-order valence-electron chi connectivity index (χ4n) is 2.25. The average Bonchev–Trinajstić information content (AvgIpc) is 2.73. The van der Waals surface area contributed by atoms with Gasteiger partial charge in [-0.25, -0.2) is 4.98 Å². The Labute approximate surface area is 94.4 Å². The smallest absolute Gasteiger partial charge is 0.140 e. The van der Waals surface area contributed by atoms with Gasteiger partial charge in [0.1, 0.15) is 5.82 Å². The third-order valence-electron chi connectivity index (χ3n) is 3.10. The molecule has 1 atom stereocenters. The minimum Gasteiger partial charge on any atom is -0.391 e. The van der Waals surface area contributed by atoms with Crippen LogP contribution in [0, 0.1) is 0 Å². The third kappa shape index (κ3) is 1.53. The maximum Gasteiger partial charge on any atom is 0.140 e. The lowest BCUT2D eigenvalue weighted by Crippen LogP contribution is -2.24. The van der Waals surface area contributed by atoms with Crippen LogP contribution in [0.25, 0.3) is 11.4 Å². The van der Waals surface area contributed by atoms with Gasteiger partial charge in [0.15, 0.2) is 0 Å². The van der Waals surface area contributed by atoms with E-state index in [9.17, 15) is 5.11 Å². The van der Waals surface area contributed by atoms with Crippen molar-refractivity contribution in [3.8, 4) is 11.4 Å². The van der Waals surface area contributed by atoms with E-state index in [0.29, 0.717) is 6.54 Å². The Balaban J connectivity index is 2.07. The second-order valence-corrected chi connectivity index (χ2v) is 4.24. The summed E-state index contributed by atoms with van der Waals surface area (Å²) in [5, 5.41) is 9.70. The van der Waals surface area contributed by atoms with Crippen LogP contribution in [0.5, 0.6) is 0 Å². The van der Waals surface area contributed by atoms with E-state index in [1.165, 1.54) is 5.69 Å². The van der Waals surface area contributed by atoms with Crippen molar-refractivity contribution < 1.29 is 5.11 Å². The molecule has 0 bridgehead atoms. The Hall–Kier alpha value is -1.61. The molecule has 0 saturated carbocycles. The monoisotopic (exact) mass is 214 g/mol. The van der Waals surface area contributed by atoms with Gasteiger partial charge in [0.05, 0.1) is 12.6 Å². The molecule has 0 saturated heterocycles. The Morgan fingerprint density at radius 1 is 1.25 bits per heavy atom. The van der Waals surface area contributed by atoms with Crippen LogP contribution in [0.3, 0.4) is 0 Å². The van der Waals surface area contributed by atoms with Crippen LogP contribution < -0.4 is 0 Å². The van der Waals surface area contributed by atoms with Crippen molar-refractivity contribution in [1.29, 1.82) is 0 Å². The highest BCUT2D eigenvalue weighted by Gasteiger charge is 2.19. The molecule has 3 heteroatoms. The number of fused-ring (bicyclic) bond motifs is 1. The first kappa shape index (κ1) is 9.60. The molecule has 0 aliphatic carbocycles. The lowest BCUT2D eigenvalue weighted by molar-refractivity contribution is 0.132. The Morgan fingerprint density at radius 3 is 2.88 bits per heavy atom. The quantitative estimate of drug-likeness (QED) is 0.786. The van der Waals surface area contributed by atoms with Gasteiger partial charge in [-0.2, -0.15) is 0 Å². The molecule has 0 radical (unpaired) electrons. The lowest BCUT2D eigenvalue weighted by Gasteiger charge is -2.21. The molecule has 0 spiro atoms. The Bertz CT molecular complexity index is 490. The van der Waals surface area contributed by atoms with E-state index >= 15 is 0 Å². The summed E-state index contributed by atoms with van der Waals surface area (Å²) in [5.41, 5.74) is 2.34. The van der Waals surface area contributed by atoms with Crippen LogP contribution in [0.4, 0.5) is 0 Å². The van der Waals surface area contributed by atoms with Crippen molar-refractivity contribution in [2.24, 2.45) is 0 Å². The fraction of sp³-hybridized carbons (Fsp3) is 0.308. The highest BCUT2D eigenvalue weighted by Crippen LogP contribution is 2.24. The van der Waals surface area contributed by atoms with Crippen molar-refractivity contribution in [2.45, 2.75) is 25.5 Å². The SMILES string of the molecule is OC1CCc2cnc(-c3ccccc3)n2C1. The van der Waals surface area contributed by atoms with E-state index in [1.807, 2.05) is 24.4 Å². The molecular formula is C13H14N2O. The van der Waals surface area contributed by atoms with Gasteiger partial charge >= 0.3 is 0 Å². The predicted octanol–water partition coefficient (Wildman–Crippen LogP) is 1.86. The van der Waals surface area contributed by atoms with Gasteiger partial charge in [0.2, 0.25) is 0 Å². The first-order chi connectivity index (χ1) is 7.84. The summed E-state index contributed by atoms with van der Waals surface area (Å²) in [4.78, 5) is 4.45. The van der Waals surface area contributed by atoms with E-state index in [4.69, 9.17) is 0 Å². The molecule has 1 aromatic carbocycles. The number of benzene rings is 1. The number of aromatic nitrogens is 2. The molecule has 82 valence electrons. The third-order valence-corrected chi connectivity index (χ3v) is 3.10. The first-order valence-corrected chi connectivity index (χ1v) is 5.62. The summed E-state index contributed by atoms with van der Waals surface area (Å²) in [6.45, 7) is 0.666. The largest absolute Gasteiger partial charge is 0.391 e. The zero-order valence-corrected chi connectivity index (χ0v) is 9.00. The molecule has 3 rings (SSSR count). The number of hydrogen-bond donors (Lipinski definition) is 1. The number of rotatable bonds is 1. The van der Waals surface area contributed by atoms with Gasteiger partial charge in [-0.15, -0.1) is 0 Å². The molecule has 1 aromatic heterocycles. The molecule has 1 unspecified atom stereocenters. The molecule has 1 N–H and O–H groups in total. The van der Waals surface area contributed by atoms with Gasteiger partial charge in [0, 0.05) is 17.5 Å². The number of hydrogen-bond acceptors (Lipinski definition) is 2. The van der Waals surface area contributed by atoms with Crippen molar-refractivity contribution >= 4 is 0 Å². The van der Waals surface area contributed by atoms with E-state index in [2.05, 4.69) is 21.7 Å². The van der Waals surface area contributed by atoms with E-state index in [0.717, 1.165) is 24.2 Å². The number of aryl methyl sites for hydroxylation is 1. The van der Waals surface area contributed by atoms with Crippen molar-refractivity contribution in [1.82, 2.24) is 9.55 Å². The Morgan fingerprint density at radius 2 is 2.06 bits per heavy atom. The summed E-state index contributed by atoms with van der Waals surface area (Å²) >= 11 is 0. The molecule has 1 aliphatic heterocycles. The molecule has 2 heterocycles. The second-order valence-electron chi connectivity index (χ2n) is 4.24. The fourth-order valence-corrected chi connectivity index (χ4v) is 2.25. The van der Waals surface area contributed by atoms with Crippen LogP contribution in [0.1, 0.15) is 12.1 Å². The zero-order chi connectivity index (χ0) is 11.0. The van der Waals surface area contributed by atoms with Crippen molar-refractivity contribution in [3.63, 3.8) is 0 Å². The van der Waals surface area contributed by atoms with Crippen LogP contribution in [-0.2, 0) is 13.0 Å². The van der Waals surface area contributed by atoms with Gasteiger partial charge in [0.25, 0.3) is 0 Å². The van der Waals surface area contributed by atoms with Crippen molar-refractivity contribution in [3.05, 3.63) is 42.2 Å². The predicted molar refractivity (Wildman–Crippen MR) is 62.0 cm³/mol. The van der Waals surface area contributed by atoms with Gasteiger partial charge in [-0.3, -0.25) is 0 Å². The van der Waals surface area contributed by atoms with Crippen LogP contribution in [0.2, 0.25) is 0 Å². The minimum atomic E-state index is -0.232. The normalized spacial score (nSPS) is 19.4. The molecule has 0 amide bonds. The van der Waals surface area contributed by atoms with Crippen LogP contribution in [-0.4, -0.2) is 20.8 Å². The highest BCUT2D eigenvalue weighted by atomic mass is 16.3. The average molecular weight is 214 g/mol. The summed E-state index contributed by atoms with van der Waals surface area (Å²) in [7, 11) is 0. The maximum absolute atomic E-state index is 9.70. The summed E-state index contributed by atoms with van der Waals surface area (Å²) in [6, 6.07) is 10.1. The number of nitrogens with zero attached hydrogens (tertiary/aromatic N) is 2. The number of aliphatic hydroxyl groups excluding tert-OH is 1. The highest BCUT2D eigenvalue weighted by molar-refractivity contribution is 5.56. The van der Waals surface area contributed by atoms with E-state index < -0.39 is 0 Å². The number of imidazole rings is 1. The molecule has 2 aromatic rings. The standard InChI is InChI=1S/C13H14N2O/c16-12-7-6-11-8-14-13(15(11)9-12)10-4-2-1-3-5-10/h1-5,8,12,16H,6-7,9H2. The second kappa shape index (κ2) is 3.76. The van der Waals surface area contributed by atoms with Crippen LogP contribution in [0.15, 0.2) is 36.5 Å². The molecule has 3 nitrogen and oxygen atoms in total. The Kier molecular flexibility index (Phi) is 2.26. The summed E-state index contributed by atoms with van der Waals surface area (Å²) in [6.07, 6.45) is 3.46. The van der Waals surface area contributed by atoms with Gasteiger partial charge < -0.3 is 9.67 Å². The molecule has 0 fully saturated rings. The summed E-state index contributed by atoms with van der Waals surface area (Å²) < 4.78 is 2.13. The molecule has 1 aliphatic rings. The molecule has 16 heavy (non-hydrogen) atoms. The first-order valence-electron chi connectivity index (χ1n) is 5.62. The number of aliphatic hydroxyl groups is 1. The zero-order valence-electron chi connectivity index (χ0n) is 9.00. The lowest BCUT2D eigenvalue weighted by atomic mass is 10.1. The van der Waals surface area contributed by atoms with E-state index in [-0.39, 0.29) is 6.10 Å². The van der Waals surface area contributed by atoms with Crippen LogP contribution >= 0.6 is 0 Å². The van der Waals surface area contributed by atoms with Crippen molar-refractivity contribution in [2.75, 3.05) is 0 Å². The van der Waals surface area contributed by atoms with E-state index in [1.54, 1.807) is 0 Å². The molecular weight excluding hydrogens is 200 g/mol. The minimum absolute atomic E-state index is 0.232. The maximum atomic E-state index is 9.70. The summed E-state index contributed by atoms with van der Waals surface area (Å²) in [5.74, 6) is 0.967. The van der Waals surface area contributed by atoms with Gasteiger partial charge in [-0.1, -0.05) is 30.3 Å². The van der Waals surface area contributed by atoms with Gasteiger partial charge in [-0.05, 0) is 12.8 Å².